The number of hydrogen-bond donors (Lipinski definition) is 0. The van der Waals surface area contributed by atoms with Gasteiger partial charge in [-0.2, -0.15) is 0 Å². The zero-order valence-corrected chi connectivity index (χ0v) is 35.9. The Kier molecular flexibility index (Phi) is 8.18. The van der Waals surface area contributed by atoms with Gasteiger partial charge in [0.1, 0.15) is 0 Å². The van der Waals surface area contributed by atoms with Gasteiger partial charge in [0.15, 0.2) is 17.5 Å². The van der Waals surface area contributed by atoms with Crippen molar-refractivity contribution in [3.8, 4) is 67.8 Å². The number of para-hydroxylation sites is 3. The van der Waals surface area contributed by atoms with Crippen molar-refractivity contribution in [1.82, 2.24) is 24.1 Å². The van der Waals surface area contributed by atoms with Crippen LogP contribution in [0.3, 0.4) is 0 Å². The molecule has 0 saturated heterocycles. The van der Waals surface area contributed by atoms with Crippen LogP contribution >= 0.6 is 0 Å². The largest absolute Gasteiger partial charge is 0.309 e. The topological polar surface area (TPSA) is 48.5 Å². The Morgan fingerprint density at radius 3 is 1.60 bits per heavy atom. The van der Waals surface area contributed by atoms with Gasteiger partial charge in [0.2, 0.25) is 0 Å². The van der Waals surface area contributed by atoms with Crippen molar-refractivity contribution < 1.29 is 0 Å². The van der Waals surface area contributed by atoms with Gasteiger partial charge in [-0.3, -0.25) is 0 Å². The Morgan fingerprint density at radius 1 is 0.323 bits per heavy atom. The van der Waals surface area contributed by atoms with Crippen LogP contribution in [0.15, 0.2) is 212 Å². The van der Waals surface area contributed by atoms with E-state index in [4.69, 9.17) is 15.0 Å². The van der Waals surface area contributed by atoms with Gasteiger partial charge in [-0.15, -0.1) is 0 Å². The number of nitrogens with zero attached hydrogens (tertiary/aromatic N) is 5. The molecule has 0 unspecified atom stereocenters. The summed E-state index contributed by atoms with van der Waals surface area (Å²) in [6, 6.07) is 76.1. The molecule has 0 radical (unpaired) electrons. The van der Waals surface area contributed by atoms with Crippen LogP contribution in [0.1, 0.15) is 25.0 Å². The molecule has 0 atom stereocenters. The number of hydrogen-bond acceptors (Lipinski definition) is 3. The second kappa shape index (κ2) is 14.3. The molecule has 65 heavy (non-hydrogen) atoms. The Bertz CT molecular complexity index is 3860. The van der Waals surface area contributed by atoms with Gasteiger partial charge in [-0.1, -0.05) is 178 Å². The van der Waals surface area contributed by atoms with Gasteiger partial charge in [0.25, 0.3) is 0 Å². The summed E-state index contributed by atoms with van der Waals surface area (Å²) < 4.78 is 4.82. The van der Waals surface area contributed by atoms with Gasteiger partial charge in [0, 0.05) is 49.3 Å². The molecule has 0 amide bonds. The summed E-state index contributed by atoms with van der Waals surface area (Å²) in [6.07, 6.45) is 0. The first-order valence-corrected chi connectivity index (χ1v) is 22.3. The molecule has 5 nitrogen and oxygen atoms in total. The highest BCUT2D eigenvalue weighted by molar-refractivity contribution is 6.12. The highest BCUT2D eigenvalue weighted by Crippen LogP contribution is 2.49. The lowest BCUT2D eigenvalue weighted by molar-refractivity contribution is 0.660. The predicted octanol–water partition coefficient (Wildman–Crippen LogP) is 15.0. The summed E-state index contributed by atoms with van der Waals surface area (Å²) in [6.45, 7) is 4.62. The maximum atomic E-state index is 5.37. The van der Waals surface area contributed by atoms with E-state index in [2.05, 4.69) is 217 Å². The number of rotatable bonds is 6. The molecule has 3 aromatic heterocycles. The van der Waals surface area contributed by atoms with E-state index in [1.54, 1.807) is 0 Å². The summed E-state index contributed by atoms with van der Waals surface area (Å²) in [5.41, 5.74) is 16.9. The van der Waals surface area contributed by atoms with Crippen LogP contribution in [0.2, 0.25) is 0 Å². The molecule has 1 aliphatic carbocycles. The molecule has 0 aliphatic heterocycles. The predicted molar refractivity (Wildman–Crippen MR) is 268 cm³/mol. The third kappa shape index (κ3) is 5.75. The molecule has 5 heteroatoms. The Hall–Kier alpha value is -8.41. The quantitative estimate of drug-likeness (QED) is 0.168. The van der Waals surface area contributed by atoms with Crippen molar-refractivity contribution in [3.63, 3.8) is 0 Å². The van der Waals surface area contributed by atoms with E-state index in [1.165, 1.54) is 66.0 Å². The second-order valence-electron chi connectivity index (χ2n) is 17.6. The van der Waals surface area contributed by atoms with Crippen molar-refractivity contribution in [3.05, 3.63) is 223 Å². The molecule has 3 heterocycles. The normalized spacial score (nSPS) is 12.9. The molecular formula is C60H41N5. The van der Waals surface area contributed by atoms with Crippen molar-refractivity contribution >= 4 is 43.6 Å². The summed E-state index contributed by atoms with van der Waals surface area (Å²) in [5, 5.41) is 4.80. The fourth-order valence-electron chi connectivity index (χ4n) is 10.5. The minimum Gasteiger partial charge on any atom is -0.309 e. The molecule has 306 valence electrons. The summed E-state index contributed by atoms with van der Waals surface area (Å²) in [5.74, 6) is 1.88. The molecule has 0 saturated carbocycles. The van der Waals surface area contributed by atoms with Crippen LogP contribution in [0.4, 0.5) is 0 Å². The number of benzene rings is 9. The fraction of sp³-hybridized carbons (Fsp3) is 0.0500. The highest BCUT2D eigenvalue weighted by Gasteiger charge is 2.35. The van der Waals surface area contributed by atoms with E-state index in [-0.39, 0.29) is 5.41 Å². The van der Waals surface area contributed by atoms with Gasteiger partial charge in [-0.25, -0.2) is 15.0 Å². The maximum absolute atomic E-state index is 5.37. The molecule has 9 aromatic carbocycles. The van der Waals surface area contributed by atoms with Crippen LogP contribution in [-0.2, 0) is 5.41 Å². The lowest BCUT2D eigenvalue weighted by atomic mass is 9.82. The molecule has 0 bridgehead atoms. The maximum Gasteiger partial charge on any atom is 0.166 e. The van der Waals surface area contributed by atoms with E-state index in [1.807, 2.05) is 18.2 Å². The first-order chi connectivity index (χ1) is 32.0. The van der Waals surface area contributed by atoms with E-state index >= 15 is 0 Å². The minimum atomic E-state index is -0.0995. The summed E-state index contributed by atoms with van der Waals surface area (Å²) in [7, 11) is 0. The monoisotopic (exact) mass is 831 g/mol. The molecule has 13 rings (SSSR count). The van der Waals surface area contributed by atoms with Gasteiger partial charge in [-0.05, 0) is 81.9 Å². The van der Waals surface area contributed by atoms with Crippen LogP contribution in [0.25, 0.3) is 111 Å². The zero-order chi connectivity index (χ0) is 43.2. The highest BCUT2D eigenvalue weighted by atomic mass is 15.1. The van der Waals surface area contributed by atoms with Crippen molar-refractivity contribution in [2.45, 2.75) is 19.3 Å². The fourth-order valence-corrected chi connectivity index (χ4v) is 10.5. The van der Waals surface area contributed by atoms with Gasteiger partial charge < -0.3 is 9.13 Å². The van der Waals surface area contributed by atoms with Crippen LogP contribution in [0.5, 0.6) is 0 Å². The van der Waals surface area contributed by atoms with Gasteiger partial charge in [0.05, 0.1) is 27.8 Å². The third-order valence-corrected chi connectivity index (χ3v) is 13.6. The van der Waals surface area contributed by atoms with Gasteiger partial charge >= 0.3 is 0 Å². The Morgan fingerprint density at radius 2 is 0.846 bits per heavy atom. The molecule has 12 aromatic rings. The van der Waals surface area contributed by atoms with Crippen molar-refractivity contribution in [1.29, 1.82) is 0 Å². The average molecular weight is 832 g/mol. The second-order valence-corrected chi connectivity index (χ2v) is 17.6. The summed E-state index contributed by atoms with van der Waals surface area (Å²) in [4.78, 5) is 15.8. The first kappa shape index (κ1) is 37.2. The molecule has 0 N–H and O–H groups in total. The first-order valence-electron chi connectivity index (χ1n) is 22.3. The Balaban J connectivity index is 1.03. The Labute approximate surface area is 376 Å². The van der Waals surface area contributed by atoms with Crippen molar-refractivity contribution in [2.24, 2.45) is 0 Å². The lowest BCUT2D eigenvalue weighted by Gasteiger charge is -2.21. The van der Waals surface area contributed by atoms with Crippen LogP contribution in [0, 0.1) is 0 Å². The molecular weight excluding hydrogens is 791 g/mol. The summed E-state index contributed by atoms with van der Waals surface area (Å²) >= 11 is 0. The number of aromatic nitrogens is 5. The SMILES string of the molecule is CC1(C)c2ccccc2-c2cc(-c3nc(-c4ccccc4)nc(-c4ccccc4-n4c5ccccc5c5ccc(-n6c7ccccc7c7ccc(-c8ccccc8)cc76)cc54)n3)ccc21. The smallest absolute Gasteiger partial charge is 0.166 e. The lowest BCUT2D eigenvalue weighted by Crippen LogP contribution is -2.14. The van der Waals surface area contributed by atoms with Crippen molar-refractivity contribution in [2.75, 3.05) is 0 Å². The van der Waals surface area contributed by atoms with E-state index in [0.717, 1.165) is 39.1 Å². The molecule has 0 spiro atoms. The standard InChI is InChI=1S/C60H41N5/c1-60(2)50-25-13-9-21-43(50)49-35-41(30-34-51(49)60)58-61-57(39-19-7-4-8-20-39)62-59(63-58)48-24-12-16-28-54(48)65-53-27-15-11-23-45(53)47-33-31-42(37-56(47)65)64-52-26-14-10-22-44(52)46-32-29-40(36-55(46)64)38-17-5-3-6-18-38/h3-37H,1-2H3. The number of fused-ring (bicyclic) bond motifs is 9. The zero-order valence-electron chi connectivity index (χ0n) is 35.9. The molecule has 1 aliphatic rings. The van der Waals surface area contributed by atoms with Crippen LogP contribution in [-0.4, -0.2) is 24.1 Å². The third-order valence-electron chi connectivity index (χ3n) is 13.6. The van der Waals surface area contributed by atoms with E-state index in [0.29, 0.717) is 17.5 Å². The average Bonchev–Trinajstić information content (AvgIpc) is 3.96. The molecule has 0 fully saturated rings. The van der Waals surface area contributed by atoms with Crippen LogP contribution < -0.4 is 0 Å². The van der Waals surface area contributed by atoms with E-state index < -0.39 is 0 Å². The minimum absolute atomic E-state index is 0.0995. The van der Waals surface area contributed by atoms with E-state index in [9.17, 15) is 0 Å².